The maximum absolute atomic E-state index is 9.48. The average molecular weight is 415 g/mol. The topological polar surface area (TPSA) is 108 Å². The molecule has 1 atom stereocenters. The largest absolute Gasteiger partial charge is 0.490 e. The van der Waals surface area contributed by atoms with Crippen LogP contribution in [0.5, 0.6) is 5.75 Å². The summed E-state index contributed by atoms with van der Waals surface area (Å²) < 4.78 is 11.2. The molecule has 3 aromatic rings. The Morgan fingerprint density at radius 3 is 2.94 bits per heavy atom. The van der Waals surface area contributed by atoms with Crippen LogP contribution in [-0.4, -0.2) is 28.5 Å². The molecule has 7 heteroatoms. The van der Waals surface area contributed by atoms with E-state index in [4.69, 9.17) is 14.7 Å². The van der Waals surface area contributed by atoms with Gasteiger partial charge in [0.15, 0.2) is 0 Å². The van der Waals surface area contributed by atoms with Crippen molar-refractivity contribution >= 4 is 5.71 Å². The zero-order valence-electron chi connectivity index (χ0n) is 17.9. The molecular weight excluding hydrogens is 390 g/mol. The third kappa shape index (κ3) is 4.35. The molecule has 0 saturated carbocycles. The summed E-state index contributed by atoms with van der Waals surface area (Å²) >= 11 is 0. The predicted molar refractivity (Wildman–Crippen MR) is 118 cm³/mol. The van der Waals surface area contributed by atoms with Crippen molar-refractivity contribution in [1.82, 2.24) is 15.5 Å². The van der Waals surface area contributed by atoms with Crippen molar-refractivity contribution in [2.24, 2.45) is 0 Å². The van der Waals surface area contributed by atoms with Gasteiger partial charge in [0.05, 0.1) is 11.7 Å². The number of aromatic nitrogens is 2. The van der Waals surface area contributed by atoms with Crippen molar-refractivity contribution in [2.45, 2.75) is 45.8 Å². The van der Waals surface area contributed by atoms with E-state index in [0.717, 1.165) is 18.4 Å². The Labute approximate surface area is 181 Å². The minimum atomic E-state index is -0.0191. The molecule has 0 amide bonds. The smallest absolute Gasteiger partial charge is 0.258 e. The molecular formula is C24H25N5O2. The first-order valence-corrected chi connectivity index (χ1v) is 10.4. The van der Waals surface area contributed by atoms with Crippen LogP contribution in [0.4, 0.5) is 0 Å². The van der Waals surface area contributed by atoms with E-state index in [2.05, 4.69) is 27.6 Å². The molecule has 0 spiro atoms. The van der Waals surface area contributed by atoms with E-state index in [-0.39, 0.29) is 12.1 Å². The monoisotopic (exact) mass is 415 g/mol. The molecule has 2 aromatic carbocycles. The van der Waals surface area contributed by atoms with Gasteiger partial charge in [-0.1, -0.05) is 23.4 Å². The maximum Gasteiger partial charge on any atom is 0.258 e. The van der Waals surface area contributed by atoms with Crippen LogP contribution in [0.3, 0.4) is 0 Å². The lowest BCUT2D eigenvalue weighted by Gasteiger charge is -2.14. The number of hydrogen-bond acceptors (Lipinski definition) is 7. The number of fused-ring (bicyclic) bond motifs is 1. The summed E-state index contributed by atoms with van der Waals surface area (Å²) in [5.74, 6) is 1.45. The highest BCUT2D eigenvalue weighted by Crippen LogP contribution is 2.37. The number of nitrogens with zero attached hydrogens (tertiary/aromatic N) is 3. The molecule has 31 heavy (non-hydrogen) atoms. The Morgan fingerprint density at radius 2 is 2.19 bits per heavy atom. The number of rotatable bonds is 7. The van der Waals surface area contributed by atoms with Crippen molar-refractivity contribution in [1.29, 1.82) is 10.7 Å². The maximum atomic E-state index is 9.48. The fourth-order valence-corrected chi connectivity index (χ4v) is 3.91. The van der Waals surface area contributed by atoms with E-state index in [1.54, 1.807) is 19.1 Å². The summed E-state index contributed by atoms with van der Waals surface area (Å²) in [6, 6.07) is 13.8. The highest BCUT2D eigenvalue weighted by Gasteiger charge is 2.26. The van der Waals surface area contributed by atoms with Crippen molar-refractivity contribution in [2.75, 3.05) is 6.54 Å². The van der Waals surface area contributed by atoms with Gasteiger partial charge in [0.2, 0.25) is 5.82 Å². The van der Waals surface area contributed by atoms with Crippen LogP contribution in [0.25, 0.3) is 22.8 Å². The van der Waals surface area contributed by atoms with Gasteiger partial charge in [-0.05, 0) is 62.9 Å². The second-order valence-corrected chi connectivity index (χ2v) is 8.04. The molecule has 0 radical (unpaired) electrons. The second kappa shape index (κ2) is 8.70. The van der Waals surface area contributed by atoms with E-state index in [1.165, 1.54) is 11.1 Å². The summed E-state index contributed by atoms with van der Waals surface area (Å²) in [4.78, 5) is 4.61. The second-order valence-electron chi connectivity index (χ2n) is 8.04. The van der Waals surface area contributed by atoms with E-state index in [1.807, 2.05) is 32.0 Å². The van der Waals surface area contributed by atoms with E-state index in [0.29, 0.717) is 40.8 Å². The number of nitriles is 1. The van der Waals surface area contributed by atoms with Crippen LogP contribution in [0, 0.1) is 16.7 Å². The van der Waals surface area contributed by atoms with E-state index in [9.17, 15) is 5.26 Å². The zero-order chi connectivity index (χ0) is 22.0. The molecule has 0 saturated heterocycles. The average Bonchev–Trinajstić information content (AvgIpc) is 3.39. The summed E-state index contributed by atoms with van der Waals surface area (Å²) in [5.41, 5.74) is 5.14. The molecule has 7 nitrogen and oxygen atoms in total. The van der Waals surface area contributed by atoms with Gasteiger partial charge >= 0.3 is 0 Å². The Kier molecular flexibility index (Phi) is 5.83. The Bertz CT molecular complexity index is 1160. The van der Waals surface area contributed by atoms with E-state index < -0.39 is 0 Å². The summed E-state index contributed by atoms with van der Waals surface area (Å²) in [6.45, 7) is 6.23. The zero-order valence-corrected chi connectivity index (χ0v) is 17.9. The van der Waals surface area contributed by atoms with Gasteiger partial charge in [-0.2, -0.15) is 10.2 Å². The molecule has 0 aliphatic heterocycles. The van der Waals surface area contributed by atoms with Gasteiger partial charge in [0.25, 0.3) is 5.89 Å². The molecule has 0 bridgehead atoms. The van der Waals surface area contributed by atoms with Gasteiger partial charge in [0.1, 0.15) is 11.8 Å². The van der Waals surface area contributed by atoms with Crippen LogP contribution in [0.15, 0.2) is 40.9 Å². The van der Waals surface area contributed by atoms with E-state index >= 15 is 0 Å². The first kappa shape index (κ1) is 20.8. The minimum Gasteiger partial charge on any atom is -0.490 e. The fraction of sp³-hybridized carbons (Fsp3) is 0.333. The van der Waals surface area contributed by atoms with Crippen molar-refractivity contribution in [3.05, 3.63) is 53.1 Å². The SMILES string of the molecule is CC(=N)CNC1CCc2c(-c3noc(-c4ccc(OC(C)C)c(C#N)c4)n3)cccc21. The van der Waals surface area contributed by atoms with Crippen LogP contribution in [0.2, 0.25) is 0 Å². The van der Waals surface area contributed by atoms with Gasteiger partial charge in [0, 0.05) is 29.4 Å². The van der Waals surface area contributed by atoms with Crippen LogP contribution in [0.1, 0.15) is 49.9 Å². The van der Waals surface area contributed by atoms with Crippen LogP contribution < -0.4 is 10.1 Å². The number of hydrogen-bond donors (Lipinski definition) is 2. The molecule has 1 aromatic heterocycles. The van der Waals surface area contributed by atoms with Crippen molar-refractivity contribution in [3.63, 3.8) is 0 Å². The van der Waals surface area contributed by atoms with Gasteiger partial charge in [-0.25, -0.2) is 0 Å². The lowest BCUT2D eigenvalue weighted by molar-refractivity contribution is 0.241. The first-order chi connectivity index (χ1) is 15.0. The summed E-state index contributed by atoms with van der Waals surface area (Å²) in [7, 11) is 0. The predicted octanol–water partition coefficient (Wildman–Crippen LogP) is 4.68. The number of ether oxygens (including phenoxy) is 1. The molecule has 0 fully saturated rings. The lowest BCUT2D eigenvalue weighted by Crippen LogP contribution is -2.24. The fourth-order valence-electron chi connectivity index (χ4n) is 3.91. The molecule has 1 unspecified atom stereocenters. The van der Waals surface area contributed by atoms with Gasteiger partial charge in [-0.15, -0.1) is 0 Å². The standard InChI is InChI=1S/C24H25N5O2/c1-14(2)30-22-10-7-16(11-17(22)12-25)24-28-23(29-31-24)20-6-4-5-19-18(20)8-9-21(19)27-13-15(3)26/h4-7,10-11,14,21,26-27H,8-9,13H2,1-3H3. The first-order valence-electron chi connectivity index (χ1n) is 10.4. The third-order valence-electron chi connectivity index (χ3n) is 5.26. The third-order valence-corrected chi connectivity index (χ3v) is 5.26. The van der Waals surface area contributed by atoms with Gasteiger partial charge in [-0.3, -0.25) is 0 Å². The molecule has 1 aliphatic rings. The summed E-state index contributed by atoms with van der Waals surface area (Å²) in [5, 5.41) is 24.8. The normalized spacial score (nSPS) is 15.0. The van der Waals surface area contributed by atoms with Crippen molar-refractivity contribution < 1.29 is 9.26 Å². The quantitative estimate of drug-likeness (QED) is 0.543. The van der Waals surface area contributed by atoms with Crippen LogP contribution in [-0.2, 0) is 6.42 Å². The molecule has 1 heterocycles. The highest BCUT2D eigenvalue weighted by atomic mass is 16.5. The number of nitrogens with one attached hydrogen (secondary N) is 2. The van der Waals surface area contributed by atoms with Crippen LogP contribution >= 0.6 is 0 Å². The Hall–Kier alpha value is -3.50. The molecule has 158 valence electrons. The minimum absolute atomic E-state index is 0.0191. The molecule has 4 rings (SSSR count). The summed E-state index contributed by atoms with van der Waals surface area (Å²) in [6.07, 6.45) is 1.88. The lowest BCUT2D eigenvalue weighted by atomic mass is 10.0. The Morgan fingerprint density at radius 1 is 1.35 bits per heavy atom. The van der Waals surface area contributed by atoms with Crippen molar-refractivity contribution in [3.8, 4) is 34.7 Å². The Balaban J connectivity index is 1.62. The molecule has 2 N–H and O–H groups in total. The molecule has 1 aliphatic carbocycles. The highest BCUT2D eigenvalue weighted by molar-refractivity contribution is 5.80. The number of benzene rings is 2. The van der Waals surface area contributed by atoms with Gasteiger partial charge < -0.3 is 20.0 Å².